The number of piperidine rings is 1. The van der Waals surface area contributed by atoms with E-state index < -0.39 is 21.7 Å². The number of halogens is 1. The van der Waals surface area contributed by atoms with E-state index in [4.69, 9.17) is 0 Å². The molecule has 3 heterocycles. The maximum absolute atomic E-state index is 15.0. The number of benzene rings is 2. The Bertz CT molecular complexity index is 1680. The van der Waals surface area contributed by atoms with E-state index in [0.717, 1.165) is 12.8 Å². The Hall–Kier alpha value is -4.32. The van der Waals surface area contributed by atoms with Gasteiger partial charge in [0.15, 0.2) is 5.65 Å². The van der Waals surface area contributed by atoms with Crippen LogP contribution in [0, 0.1) is 12.7 Å². The smallest absolute Gasteiger partial charge is 0.270 e. The molecule has 0 radical (unpaired) electrons. The van der Waals surface area contributed by atoms with E-state index in [0.29, 0.717) is 24.6 Å². The number of aromatic nitrogens is 3. The van der Waals surface area contributed by atoms with Gasteiger partial charge in [-0.25, -0.2) is 22.5 Å². The van der Waals surface area contributed by atoms with Crippen molar-refractivity contribution in [3.8, 4) is 0 Å². The molecule has 0 aliphatic carbocycles. The van der Waals surface area contributed by atoms with Gasteiger partial charge in [-0.05, 0) is 49.8 Å². The Balaban J connectivity index is 1.51. The van der Waals surface area contributed by atoms with Gasteiger partial charge < -0.3 is 10.2 Å². The fourth-order valence-corrected chi connectivity index (χ4v) is 5.36. The zero-order valence-electron chi connectivity index (χ0n) is 22.1. The maximum Gasteiger partial charge on any atom is 0.270 e. The third-order valence-corrected chi connectivity index (χ3v) is 8.38. The molecular weight excluding hydrogens is 535 g/mol. The van der Waals surface area contributed by atoms with Gasteiger partial charge in [0.25, 0.3) is 11.8 Å². The molecule has 2 N–H and O–H groups in total. The normalized spacial score (nSPS) is 14.3. The fraction of sp³-hybridized carbons (Fsp3) is 0.286. The molecule has 2 aromatic heterocycles. The summed E-state index contributed by atoms with van der Waals surface area (Å²) in [5.74, 6) is -1.55. The highest BCUT2D eigenvalue weighted by Gasteiger charge is 2.29. The molecule has 0 spiro atoms. The molecule has 1 saturated heterocycles. The van der Waals surface area contributed by atoms with Crippen molar-refractivity contribution in [1.29, 1.82) is 0 Å². The number of carbonyl (C=O) groups excluding carboxylic acids is 2. The van der Waals surface area contributed by atoms with Crippen LogP contribution in [0.2, 0.25) is 0 Å². The Morgan fingerprint density at radius 2 is 1.75 bits per heavy atom. The topological polar surface area (TPSA) is 126 Å². The van der Waals surface area contributed by atoms with Crippen molar-refractivity contribution in [3.05, 3.63) is 89.0 Å². The fourth-order valence-electron chi connectivity index (χ4n) is 4.82. The summed E-state index contributed by atoms with van der Waals surface area (Å²) in [5.41, 5.74) is 1.80. The molecule has 1 fully saturated rings. The molecule has 2 amide bonds. The molecule has 40 heavy (non-hydrogen) atoms. The SMILES string of the molecule is CCS(=O)(=O)NC(=O)c1cnn2c(Nc3cccc(C)c3F)c(C(=O)N3CCC(c4ccccc4)CC3)cnc12. The van der Waals surface area contributed by atoms with Gasteiger partial charge in [0.05, 0.1) is 17.6 Å². The summed E-state index contributed by atoms with van der Waals surface area (Å²) < 4.78 is 42.1. The summed E-state index contributed by atoms with van der Waals surface area (Å²) in [4.78, 5) is 32.5. The molecule has 12 heteroatoms. The first-order chi connectivity index (χ1) is 19.2. The molecule has 208 valence electrons. The van der Waals surface area contributed by atoms with Crippen LogP contribution in [0.25, 0.3) is 5.65 Å². The highest BCUT2D eigenvalue weighted by Crippen LogP contribution is 2.31. The highest BCUT2D eigenvalue weighted by atomic mass is 32.2. The number of likely N-dealkylation sites (tertiary alicyclic amines) is 1. The standard InChI is InChI=1S/C28H29FN6O4S/c1-3-40(38,39)33-27(36)21-17-31-35-25(21)30-16-22(26(35)32-23-11-7-8-18(2)24(23)29)28(37)34-14-12-20(13-15-34)19-9-5-4-6-10-19/h4-11,16-17,20,32H,3,12-15H2,1-2H3,(H,33,36). The van der Waals surface area contributed by atoms with Gasteiger partial charge in [-0.3, -0.25) is 9.59 Å². The Morgan fingerprint density at radius 1 is 1.02 bits per heavy atom. The van der Waals surface area contributed by atoms with Crippen molar-refractivity contribution in [2.45, 2.75) is 32.6 Å². The number of sulfonamides is 1. The van der Waals surface area contributed by atoms with Crippen LogP contribution in [-0.2, 0) is 10.0 Å². The van der Waals surface area contributed by atoms with E-state index in [-0.39, 0.29) is 39.9 Å². The van der Waals surface area contributed by atoms with Gasteiger partial charge in [-0.15, -0.1) is 0 Å². The molecule has 10 nitrogen and oxygen atoms in total. The molecule has 1 aliphatic rings. The summed E-state index contributed by atoms with van der Waals surface area (Å²) in [6.07, 6.45) is 4.06. The number of carbonyl (C=O) groups is 2. The van der Waals surface area contributed by atoms with Crippen LogP contribution in [-0.4, -0.2) is 58.6 Å². The van der Waals surface area contributed by atoms with Crippen molar-refractivity contribution in [2.75, 3.05) is 24.2 Å². The maximum atomic E-state index is 15.0. The predicted octanol–water partition coefficient (Wildman–Crippen LogP) is 4.02. The van der Waals surface area contributed by atoms with E-state index in [9.17, 15) is 18.0 Å². The average molecular weight is 565 g/mol. The van der Waals surface area contributed by atoms with Crippen LogP contribution in [0.5, 0.6) is 0 Å². The molecule has 0 atom stereocenters. The van der Waals surface area contributed by atoms with Crippen LogP contribution in [0.3, 0.4) is 0 Å². The molecule has 2 aromatic carbocycles. The minimum Gasteiger partial charge on any atom is -0.338 e. The van der Waals surface area contributed by atoms with Gasteiger partial charge in [0.1, 0.15) is 22.8 Å². The number of hydrogen-bond acceptors (Lipinski definition) is 7. The van der Waals surface area contributed by atoms with E-state index in [2.05, 4.69) is 27.5 Å². The second-order valence-electron chi connectivity index (χ2n) is 9.69. The molecular formula is C28H29FN6O4S. The van der Waals surface area contributed by atoms with E-state index in [1.165, 1.54) is 35.5 Å². The third kappa shape index (κ3) is 5.39. The number of fused-ring (bicyclic) bond motifs is 1. The van der Waals surface area contributed by atoms with Crippen molar-refractivity contribution >= 4 is 39.0 Å². The number of amides is 2. The predicted molar refractivity (Wildman–Crippen MR) is 149 cm³/mol. The van der Waals surface area contributed by atoms with Crippen molar-refractivity contribution < 1.29 is 22.4 Å². The number of rotatable bonds is 7. The summed E-state index contributed by atoms with van der Waals surface area (Å²) in [6, 6.07) is 15.0. The Labute approximate surface area is 231 Å². The van der Waals surface area contributed by atoms with Crippen LogP contribution >= 0.6 is 0 Å². The lowest BCUT2D eigenvalue weighted by Gasteiger charge is -2.32. The van der Waals surface area contributed by atoms with Crippen LogP contribution in [0.4, 0.5) is 15.9 Å². The van der Waals surface area contributed by atoms with E-state index in [1.807, 2.05) is 22.9 Å². The zero-order chi connectivity index (χ0) is 28.4. The third-order valence-electron chi connectivity index (χ3n) is 7.13. The van der Waals surface area contributed by atoms with Gasteiger partial charge in [-0.1, -0.05) is 42.5 Å². The summed E-state index contributed by atoms with van der Waals surface area (Å²) in [5, 5.41) is 7.21. The number of nitrogens with one attached hydrogen (secondary N) is 2. The average Bonchev–Trinajstić information content (AvgIpc) is 3.40. The monoisotopic (exact) mass is 564 g/mol. The minimum absolute atomic E-state index is 0.0127. The quantitative estimate of drug-likeness (QED) is 0.347. The highest BCUT2D eigenvalue weighted by molar-refractivity contribution is 7.90. The van der Waals surface area contributed by atoms with Crippen molar-refractivity contribution in [1.82, 2.24) is 24.2 Å². The first-order valence-corrected chi connectivity index (χ1v) is 14.6. The summed E-state index contributed by atoms with van der Waals surface area (Å²) >= 11 is 0. The van der Waals surface area contributed by atoms with Crippen LogP contribution < -0.4 is 10.0 Å². The molecule has 0 bridgehead atoms. The second-order valence-corrected chi connectivity index (χ2v) is 11.7. The lowest BCUT2D eigenvalue weighted by Crippen LogP contribution is -2.38. The molecule has 0 saturated carbocycles. The lowest BCUT2D eigenvalue weighted by atomic mass is 9.89. The summed E-state index contributed by atoms with van der Waals surface area (Å²) in [7, 11) is -3.83. The van der Waals surface area contributed by atoms with Gasteiger partial charge in [0.2, 0.25) is 10.0 Å². The first-order valence-electron chi connectivity index (χ1n) is 13.0. The van der Waals surface area contributed by atoms with E-state index in [1.54, 1.807) is 24.0 Å². The second kappa shape index (κ2) is 11.0. The Morgan fingerprint density at radius 3 is 2.45 bits per heavy atom. The molecule has 5 rings (SSSR count). The van der Waals surface area contributed by atoms with E-state index >= 15 is 4.39 Å². The Kier molecular flexibility index (Phi) is 7.53. The van der Waals surface area contributed by atoms with Gasteiger partial charge in [0, 0.05) is 19.3 Å². The lowest BCUT2D eigenvalue weighted by molar-refractivity contribution is 0.0713. The number of nitrogens with zero attached hydrogens (tertiary/aromatic N) is 4. The van der Waals surface area contributed by atoms with Gasteiger partial charge >= 0.3 is 0 Å². The molecule has 1 aliphatic heterocycles. The molecule has 4 aromatic rings. The summed E-state index contributed by atoms with van der Waals surface area (Å²) in [6.45, 7) is 4.08. The van der Waals surface area contributed by atoms with Crippen molar-refractivity contribution in [3.63, 3.8) is 0 Å². The van der Waals surface area contributed by atoms with Gasteiger partial charge in [-0.2, -0.15) is 9.61 Å². The van der Waals surface area contributed by atoms with Crippen LogP contribution in [0.15, 0.2) is 60.9 Å². The number of anilines is 2. The number of hydrogen-bond donors (Lipinski definition) is 2. The number of aryl methyl sites for hydroxylation is 1. The van der Waals surface area contributed by atoms with Crippen molar-refractivity contribution in [2.24, 2.45) is 0 Å². The minimum atomic E-state index is -3.83. The zero-order valence-corrected chi connectivity index (χ0v) is 22.9. The largest absolute Gasteiger partial charge is 0.338 e. The first kappa shape index (κ1) is 27.3. The molecule has 0 unspecified atom stereocenters. The van der Waals surface area contributed by atoms with Crippen LogP contribution in [0.1, 0.15) is 57.5 Å².